The molecule has 1 aromatic carbocycles. The number of hydrogen-bond donors (Lipinski definition) is 1. The summed E-state index contributed by atoms with van der Waals surface area (Å²) >= 11 is 0. The lowest BCUT2D eigenvalue weighted by Crippen LogP contribution is -2.40. The Kier molecular flexibility index (Phi) is 5.77. The summed E-state index contributed by atoms with van der Waals surface area (Å²) in [5, 5.41) is 0. The molecule has 0 aliphatic heterocycles. The smallest absolute Gasteiger partial charge is 0.316 e. The van der Waals surface area contributed by atoms with Gasteiger partial charge in [0.1, 0.15) is 17.7 Å². The number of ether oxygens (including phenoxy) is 1. The third-order valence-electron chi connectivity index (χ3n) is 4.19. The molecule has 140 valence electrons. The first-order chi connectivity index (χ1) is 12.4. The zero-order chi connectivity index (χ0) is 18.6. The highest BCUT2D eigenvalue weighted by atomic mass is 32.2. The monoisotopic (exact) mass is 383 g/mol. The number of nitrogens with one attached hydrogen (secondary N) is 1. The van der Waals surface area contributed by atoms with Gasteiger partial charge >= 0.3 is 6.01 Å². The van der Waals surface area contributed by atoms with Crippen molar-refractivity contribution in [3.63, 3.8) is 0 Å². The maximum Gasteiger partial charge on any atom is 0.316 e. The van der Waals surface area contributed by atoms with Crippen molar-refractivity contribution in [1.29, 1.82) is 0 Å². The highest BCUT2D eigenvalue weighted by Crippen LogP contribution is 2.23. The van der Waals surface area contributed by atoms with E-state index in [1.807, 2.05) is 0 Å². The van der Waals surface area contributed by atoms with Crippen LogP contribution in [0, 0.1) is 11.6 Å². The van der Waals surface area contributed by atoms with Gasteiger partial charge in [-0.15, -0.1) is 0 Å². The number of benzene rings is 1. The van der Waals surface area contributed by atoms with E-state index >= 15 is 0 Å². The summed E-state index contributed by atoms with van der Waals surface area (Å²) in [6.45, 7) is 0. The Hall–Kier alpha value is -2.13. The molecule has 0 amide bonds. The molecule has 0 spiro atoms. The molecule has 0 atom stereocenters. The summed E-state index contributed by atoms with van der Waals surface area (Å²) < 4.78 is 59.6. The number of aromatic nitrogens is 2. The summed E-state index contributed by atoms with van der Waals surface area (Å²) in [5.41, 5.74) is -0.184. The first-order valence-corrected chi connectivity index (χ1v) is 9.94. The first-order valence-electron chi connectivity index (χ1n) is 8.29. The predicted octanol–water partition coefficient (Wildman–Crippen LogP) is 2.56. The maximum atomic E-state index is 13.6. The van der Waals surface area contributed by atoms with Gasteiger partial charge in [0.15, 0.2) is 0 Å². The minimum Gasteiger partial charge on any atom is -0.460 e. The van der Waals surface area contributed by atoms with Crippen molar-refractivity contribution in [3.05, 3.63) is 53.9 Å². The second-order valence-corrected chi connectivity index (χ2v) is 7.99. The van der Waals surface area contributed by atoms with Gasteiger partial charge in [-0.3, -0.25) is 0 Å². The Bertz CT molecular complexity index is 842. The van der Waals surface area contributed by atoms with Gasteiger partial charge in [0.25, 0.3) is 0 Å². The SMILES string of the molecule is O=S(=O)(Cc1cc(F)ccc1F)NC1CCC(Oc2ncccn2)CC1. The zero-order valence-electron chi connectivity index (χ0n) is 13.9. The van der Waals surface area contributed by atoms with E-state index in [2.05, 4.69) is 14.7 Å². The average molecular weight is 383 g/mol. The first kappa shape index (κ1) is 18.7. The van der Waals surface area contributed by atoms with Crippen LogP contribution >= 0.6 is 0 Å². The Morgan fingerprint density at radius 1 is 1.12 bits per heavy atom. The van der Waals surface area contributed by atoms with Gasteiger partial charge in [-0.1, -0.05) is 0 Å². The lowest BCUT2D eigenvalue weighted by molar-refractivity contribution is 0.132. The highest BCUT2D eigenvalue weighted by Gasteiger charge is 2.27. The van der Waals surface area contributed by atoms with E-state index in [1.54, 1.807) is 18.5 Å². The van der Waals surface area contributed by atoms with Crippen LogP contribution in [0.2, 0.25) is 0 Å². The van der Waals surface area contributed by atoms with Crippen LogP contribution in [0.3, 0.4) is 0 Å². The molecule has 1 aliphatic carbocycles. The van der Waals surface area contributed by atoms with Gasteiger partial charge in [-0.25, -0.2) is 31.9 Å². The van der Waals surface area contributed by atoms with Gasteiger partial charge < -0.3 is 4.74 Å². The molecule has 6 nitrogen and oxygen atoms in total. The van der Waals surface area contributed by atoms with Crippen LogP contribution in [0.15, 0.2) is 36.7 Å². The third-order valence-corrected chi connectivity index (χ3v) is 5.57. The fourth-order valence-corrected chi connectivity index (χ4v) is 4.41. The van der Waals surface area contributed by atoms with Crippen molar-refractivity contribution in [3.8, 4) is 6.01 Å². The summed E-state index contributed by atoms with van der Waals surface area (Å²) in [4.78, 5) is 8.00. The van der Waals surface area contributed by atoms with E-state index in [9.17, 15) is 17.2 Å². The number of rotatable bonds is 6. The Morgan fingerprint density at radius 3 is 2.50 bits per heavy atom. The summed E-state index contributed by atoms with van der Waals surface area (Å²) in [6.07, 6.45) is 5.59. The number of nitrogens with zero attached hydrogens (tertiary/aromatic N) is 2. The molecule has 1 heterocycles. The van der Waals surface area contributed by atoms with Crippen molar-refractivity contribution >= 4 is 10.0 Å². The fraction of sp³-hybridized carbons (Fsp3) is 0.412. The fourth-order valence-electron chi connectivity index (χ4n) is 2.95. The van der Waals surface area contributed by atoms with Gasteiger partial charge in [0.05, 0.1) is 5.75 Å². The van der Waals surface area contributed by atoms with E-state index in [-0.39, 0.29) is 17.7 Å². The topological polar surface area (TPSA) is 81.2 Å². The molecule has 9 heteroatoms. The van der Waals surface area contributed by atoms with Crippen LogP contribution in [-0.2, 0) is 15.8 Å². The molecule has 26 heavy (non-hydrogen) atoms. The average Bonchev–Trinajstić information content (AvgIpc) is 2.60. The van der Waals surface area contributed by atoms with E-state index in [0.717, 1.165) is 18.2 Å². The molecule has 3 rings (SSSR count). The molecule has 2 aromatic rings. The van der Waals surface area contributed by atoms with Crippen LogP contribution in [0.5, 0.6) is 6.01 Å². The molecule has 0 saturated heterocycles. The second-order valence-electron chi connectivity index (χ2n) is 6.24. The third kappa shape index (κ3) is 5.18. The molecule has 1 saturated carbocycles. The van der Waals surface area contributed by atoms with Crippen molar-refractivity contribution in [2.75, 3.05) is 0 Å². The van der Waals surface area contributed by atoms with Crippen LogP contribution in [-0.4, -0.2) is 30.5 Å². The Morgan fingerprint density at radius 2 is 1.81 bits per heavy atom. The zero-order valence-corrected chi connectivity index (χ0v) is 14.8. The lowest BCUT2D eigenvalue weighted by atomic mass is 9.94. The van der Waals surface area contributed by atoms with Crippen LogP contribution in [0.4, 0.5) is 8.78 Å². The summed E-state index contributed by atoms with van der Waals surface area (Å²) in [6, 6.07) is 4.52. The second kappa shape index (κ2) is 8.05. The number of sulfonamides is 1. The number of hydrogen-bond acceptors (Lipinski definition) is 5. The molecule has 1 aromatic heterocycles. The summed E-state index contributed by atoms with van der Waals surface area (Å²) in [5.74, 6) is -2.00. The van der Waals surface area contributed by atoms with Crippen LogP contribution in [0.1, 0.15) is 31.2 Å². The van der Waals surface area contributed by atoms with E-state index in [1.165, 1.54) is 0 Å². The molecule has 0 bridgehead atoms. The highest BCUT2D eigenvalue weighted by molar-refractivity contribution is 7.88. The lowest BCUT2D eigenvalue weighted by Gasteiger charge is -2.28. The van der Waals surface area contributed by atoms with E-state index in [4.69, 9.17) is 4.74 Å². The molecular weight excluding hydrogens is 364 g/mol. The summed E-state index contributed by atoms with van der Waals surface area (Å²) in [7, 11) is -3.77. The van der Waals surface area contributed by atoms with Crippen LogP contribution in [0.25, 0.3) is 0 Å². The number of halogens is 2. The van der Waals surface area contributed by atoms with Gasteiger partial charge in [-0.2, -0.15) is 0 Å². The quantitative estimate of drug-likeness (QED) is 0.829. The van der Waals surface area contributed by atoms with Crippen LogP contribution < -0.4 is 9.46 Å². The molecule has 0 unspecified atom stereocenters. The van der Waals surface area contributed by atoms with Crippen molar-refractivity contribution in [2.24, 2.45) is 0 Å². The van der Waals surface area contributed by atoms with Crippen molar-refractivity contribution in [1.82, 2.24) is 14.7 Å². The molecule has 1 fully saturated rings. The normalized spacial score (nSPS) is 20.7. The van der Waals surface area contributed by atoms with Gasteiger partial charge in [0.2, 0.25) is 10.0 Å². The molecule has 0 radical (unpaired) electrons. The van der Waals surface area contributed by atoms with E-state index < -0.39 is 27.4 Å². The minimum absolute atomic E-state index is 0.0705. The Labute approximate surface area is 150 Å². The maximum absolute atomic E-state index is 13.6. The van der Waals surface area contributed by atoms with Gasteiger partial charge in [-0.05, 0) is 49.9 Å². The standard InChI is InChI=1S/C17H19F2N3O3S/c18-13-2-7-16(19)12(10-13)11-26(23,24)22-14-3-5-15(6-4-14)25-17-20-8-1-9-21-17/h1-2,7-10,14-15,22H,3-6,11H2. The molecule has 1 aliphatic rings. The van der Waals surface area contributed by atoms with Crippen molar-refractivity contribution in [2.45, 2.75) is 43.6 Å². The van der Waals surface area contributed by atoms with Gasteiger partial charge in [0, 0.05) is 24.0 Å². The predicted molar refractivity (Wildman–Crippen MR) is 90.8 cm³/mol. The van der Waals surface area contributed by atoms with E-state index in [0.29, 0.717) is 31.7 Å². The molecule has 1 N–H and O–H groups in total. The largest absolute Gasteiger partial charge is 0.460 e. The molecular formula is C17H19F2N3O3S. The Balaban J connectivity index is 1.52. The van der Waals surface area contributed by atoms with Crippen molar-refractivity contribution < 1.29 is 21.9 Å². The minimum atomic E-state index is -3.77.